The second-order valence-corrected chi connectivity index (χ2v) is 6.59. The Hall–Kier alpha value is -2.86. The minimum Gasteiger partial charge on any atom is -0.0987 e. The molecule has 0 nitrogen and oxygen atoms in total. The molecule has 0 heterocycles. The molecule has 138 valence electrons. The molecule has 0 spiro atoms. The molecule has 1 aliphatic carbocycles. The summed E-state index contributed by atoms with van der Waals surface area (Å²) in [7, 11) is 0. The van der Waals surface area contributed by atoms with Crippen LogP contribution in [0.2, 0.25) is 0 Å². The summed E-state index contributed by atoms with van der Waals surface area (Å²) in [6, 6.07) is 10.7. The Balaban J connectivity index is 3.05. The largest absolute Gasteiger partial charge is 0.0987 e. The van der Waals surface area contributed by atoms with Gasteiger partial charge in [0.05, 0.1) is 5.41 Å². The zero-order valence-corrected chi connectivity index (χ0v) is 17.0. The van der Waals surface area contributed by atoms with Crippen LogP contribution in [-0.4, -0.2) is 0 Å². The number of hydrogen-bond donors (Lipinski definition) is 0. The molecular weight excluding hydrogens is 324 g/mol. The standard InChI is InChI=1S/C27H30/c1-7-11-17-23(10-4)27(24-18-14-13-15-19-24)25(16-9-3)21(5)22(6)26(27)20-12-8-2/h7-20H,4,6H2,1-3,5H3/b11-7-,12-8-,16-9-,23-17+,26-20+. The van der Waals surface area contributed by atoms with Crippen LogP contribution in [0, 0.1) is 0 Å². The lowest BCUT2D eigenvalue weighted by Gasteiger charge is -2.36. The number of rotatable bonds is 6. The molecule has 1 aromatic rings. The van der Waals surface area contributed by atoms with Gasteiger partial charge in [-0.1, -0.05) is 98.2 Å². The maximum atomic E-state index is 4.45. The summed E-state index contributed by atoms with van der Waals surface area (Å²) in [4.78, 5) is 0. The average Bonchev–Trinajstić information content (AvgIpc) is 2.90. The van der Waals surface area contributed by atoms with Crippen molar-refractivity contribution < 1.29 is 0 Å². The molecule has 0 fully saturated rings. The third-order valence-electron chi connectivity index (χ3n) is 5.11. The zero-order valence-electron chi connectivity index (χ0n) is 17.0. The second kappa shape index (κ2) is 9.19. The number of allylic oxidation sites excluding steroid dienone is 14. The third-order valence-corrected chi connectivity index (χ3v) is 5.11. The molecule has 0 heteroatoms. The molecule has 0 bridgehead atoms. The molecule has 0 amide bonds. The molecule has 0 N–H and O–H groups in total. The van der Waals surface area contributed by atoms with Crippen molar-refractivity contribution in [3.63, 3.8) is 0 Å². The van der Waals surface area contributed by atoms with E-state index in [0.29, 0.717) is 0 Å². The minimum absolute atomic E-state index is 0.421. The van der Waals surface area contributed by atoms with Crippen LogP contribution in [0.1, 0.15) is 33.3 Å². The first kappa shape index (κ1) is 20.5. The molecule has 1 aliphatic rings. The van der Waals surface area contributed by atoms with Gasteiger partial charge >= 0.3 is 0 Å². The van der Waals surface area contributed by atoms with E-state index in [1.54, 1.807) is 0 Å². The van der Waals surface area contributed by atoms with Crippen molar-refractivity contribution in [2.45, 2.75) is 33.1 Å². The highest BCUT2D eigenvalue weighted by molar-refractivity contribution is 5.76. The monoisotopic (exact) mass is 354 g/mol. The summed E-state index contributed by atoms with van der Waals surface area (Å²) < 4.78 is 0. The van der Waals surface area contributed by atoms with E-state index >= 15 is 0 Å². The van der Waals surface area contributed by atoms with Gasteiger partial charge in [-0.05, 0) is 61.1 Å². The van der Waals surface area contributed by atoms with Crippen molar-refractivity contribution in [3.8, 4) is 0 Å². The van der Waals surface area contributed by atoms with Crippen LogP contribution in [0.15, 0.2) is 126 Å². The molecule has 2 rings (SSSR count). The Kier molecular flexibility index (Phi) is 6.96. The number of hydrogen-bond acceptors (Lipinski definition) is 0. The van der Waals surface area contributed by atoms with E-state index in [-0.39, 0.29) is 0 Å². The Morgan fingerprint density at radius 1 is 0.963 bits per heavy atom. The molecule has 0 saturated heterocycles. The summed E-state index contributed by atoms with van der Waals surface area (Å²) >= 11 is 0. The first-order valence-corrected chi connectivity index (χ1v) is 9.48. The maximum absolute atomic E-state index is 4.45. The van der Waals surface area contributed by atoms with Crippen molar-refractivity contribution >= 4 is 0 Å². The highest BCUT2D eigenvalue weighted by Crippen LogP contribution is 2.56. The normalized spacial score (nSPS) is 22.9. The number of benzene rings is 1. The summed E-state index contributed by atoms with van der Waals surface area (Å²) in [5.41, 5.74) is 6.71. The van der Waals surface area contributed by atoms with Gasteiger partial charge in [-0.25, -0.2) is 0 Å². The molecule has 1 atom stereocenters. The lowest BCUT2D eigenvalue weighted by atomic mass is 9.65. The lowest BCUT2D eigenvalue weighted by Crippen LogP contribution is -2.30. The van der Waals surface area contributed by atoms with Crippen LogP contribution in [0.5, 0.6) is 0 Å². The van der Waals surface area contributed by atoms with E-state index in [4.69, 9.17) is 0 Å². The topological polar surface area (TPSA) is 0 Å². The lowest BCUT2D eigenvalue weighted by molar-refractivity contribution is 0.757. The van der Waals surface area contributed by atoms with Crippen molar-refractivity contribution in [1.29, 1.82) is 0 Å². The zero-order chi connectivity index (χ0) is 19.9. The average molecular weight is 355 g/mol. The summed E-state index contributed by atoms with van der Waals surface area (Å²) in [6.45, 7) is 16.9. The Labute approximate surface area is 165 Å². The molecule has 27 heavy (non-hydrogen) atoms. The highest BCUT2D eigenvalue weighted by atomic mass is 14.5. The molecule has 1 aromatic carbocycles. The van der Waals surface area contributed by atoms with E-state index in [1.165, 1.54) is 22.3 Å². The van der Waals surface area contributed by atoms with Gasteiger partial charge in [0.25, 0.3) is 0 Å². The quantitative estimate of drug-likeness (QED) is 0.462. The van der Waals surface area contributed by atoms with E-state index in [2.05, 4.69) is 99.9 Å². The van der Waals surface area contributed by atoms with Gasteiger partial charge in [0, 0.05) is 0 Å². The van der Waals surface area contributed by atoms with Gasteiger partial charge in [0.2, 0.25) is 0 Å². The first-order chi connectivity index (χ1) is 13.1. The minimum atomic E-state index is -0.421. The Bertz CT molecular complexity index is 879. The van der Waals surface area contributed by atoms with Gasteiger partial charge in [-0.15, -0.1) is 0 Å². The predicted molar refractivity (Wildman–Crippen MR) is 121 cm³/mol. The first-order valence-electron chi connectivity index (χ1n) is 9.48. The van der Waals surface area contributed by atoms with Crippen LogP contribution in [0.3, 0.4) is 0 Å². The summed E-state index contributed by atoms with van der Waals surface area (Å²) in [5.74, 6) is 0. The highest BCUT2D eigenvalue weighted by Gasteiger charge is 2.47. The van der Waals surface area contributed by atoms with Crippen LogP contribution in [0.4, 0.5) is 0 Å². The van der Waals surface area contributed by atoms with E-state index in [0.717, 1.165) is 11.1 Å². The Morgan fingerprint density at radius 2 is 1.63 bits per heavy atom. The summed E-state index contributed by atoms with van der Waals surface area (Å²) in [5, 5.41) is 0. The van der Waals surface area contributed by atoms with Crippen molar-refractivity contribution in [2.75, 3.05) is 0 Å². The van der Waals surface area contributed by atoms with Gasteiger partial charge in [-0.2, -0.15) is 0 Å². The van der Waals surface area contributed by atoms with E-state index < -0.39 is 5.41 Å². The predicted octanol–water partition coefficient (Wildman–Crippen LogP) is 7.58. The third kappa shape index (κ3) is 3.53. The Morgan fingerprint density at radius 3 is 2.19 bits per heavy atom. The maximum Gasteiger partial charge on any atom is 0.0709 e. The van der Waals surface area contributed by atoms with Gasteiger partial charge in [0.15, 0.2) is 0 Å². The van der Waals surface area contributed by atoms with Gasteiger partial charge < -0.3 is 0 Å². The fourth-order valence-corrected chi connectivity index (χ4v) is 3.87. The van der Waals surface area contributed by atoms with Gasteiger partial charge in [-0.3, -0.25) is 0 Å². The van der Waals surface area contributed by atoms with Crippen molar-refractivity contribution in [3.05, 3.63) is 132 Å². The molecule has 0 radical (unpaired) electrons. The summed E-state index contributed by atoms with van der Waals surface area (Å²) in [6.07, 6.45) is 19.0. The van der Waals surface area contributed by atoms with Gasteiger partial charge in [0.1, 0.15) is 0 Å². The molecule has 0 saturated carbocycles. The van der Waals surface area contributed by atoms with Crippen molar-refractivity contribution in [1.82, 2.24) is 0 Å². The molecule has 0 aliphatic heterocycles. The van der Waals surface area contributed by atoms with Crippen LogP contribution in [-0.2, 0) is 5.41 Å². The fourth-order valence-electron chi connectivity index (χ4n) is 3.87. The van der Waals surface area contributed by atoms with E-state index in [1.807, 2.05) is 26.0 Å². The fraction of sp³-hybridized carbons (Fsp3) is 0.185. The molecular formula is C27H30. The second-order valence-electron chi connectivity index (χ2n) is 6.59. The van der Waals surface area contributed by atoms with Crippen LogP contribution < -0.4 is 0 Å². The van der Waals surface area contributed by atoms with Crippen molar-refractivity contribution in [2.24, 2.45) is 0 Å². The smallest absolute Gasteiger partial charge is 0.0709 e. The molecule has 0 aromatic heterocycles. The molecule has 1 unspecified atom stereocenters. The SMILES string of the molecule is C=C/C(=C\C=C/C)C1(c2ccccc2)C(/C=C\C)=C(C)C(=C)/C1=C\C=C/C. The van der Waals surface area contributed by atoms with Crippen LogP contribution in [0.25, 0.3) is 0 Å². The van der Waals surface area contributed by atoms with E-state index in [9.17, 15) is 0 Å². The van der Waals surface area contributed by atoms with Crippen LogP contribution >= 0.6 is 0 Å².